The Morgan fingerprint density at radius 3 is 2.50 bits per heavy atom. The predicted octanol–water partition coefficient (Wildman–Crippen LogP) is 2.38. The van der Waals surface area contributed by atoms with Crippen LogP contribution >= 0.6 is 0 Å². The molecule has 0 rings (SSSR count). The Morgan fingerprint density at radius 1 is 1.60 bits per heavy atom. The molecule has 1 N–H and O–H groups in total. The van der Waals surface area contributed by atoms with Crippen LogP contribution in [-0.4, -0.2) is 11.3 Å². The van der Waals surface area contributed by atoms with Crippen LogP contribution in [0, 0.1) is 0 Å². The Hall–Kier alpha value is -0.990. The molecule has 10 heavy (non-hydrogen) atoms. The van der Waals surface area contributed by atoms with Crippen molar-refractivity contribution in [3.8, 4) is 0 Å². The summed E-state index contributed by atoms with van der Waals surface area (Å²) in [7, 11) is 0. The molecule has 0 aliphatic rings. The van der Waals surface area contributed by atoms with Crippen molar-refractivity contribution in [3.63, 3.8) is 0 Å². The van der Waals surface area contributed by atoms with Gasteiger partial charge in [0.05, 0.1) is 0 Å². The third-order valence-corrected chi connectivity index (χ3v) is 0.999. The minimum absolute atomic E-state index is 0.523. The first-order valence-electron chi connectivity index (χ1n) is 3.30. The van der Waals surface area contributed by atoms with E-state index in [9.17, 15) is 4.79 Å². The van der Waals surface area contributed by atoms with E-state index in [-0.39, 0.29) is 0 Å². The molecule has 0 amide bonds. The maximum absolute atomic E-state index is 9.98. The fourth-order valence-corrected chi connectivity index (χ4v) is 0.598. The van der Waals surface area contributed by atoms with Gasteiger partial charge < -0.3 is 9.84 Å². The van der Waals surface area contributed by atoms with Gasteiger partial charge in [-0.05, 0) is 12.5 Å². The standard InChI is InChI=1S/C7H12O3/c1-3-5-6(4-2)10-7(8)9/h5H,3-4H2,1-2H3,(H,8,9). The molecule has 3 nitrogen and oxygen atoms in total. The van der Waals surface area contributed by atoms with Crippen molar-refractivity contribution in [2.75, 3.05) is 0 Å². The molecule has 0 heterocycles. The number of rotatable bonds is 3. The molecule has 0 aromatic heterocycles. The summed E-state index contributed by atoms with van der Waals surface area (Å²) in [4.78, 5) is 9.98. The van der Waals surface area contributed by atoms with E-state index in [1.165, 1.54) is 0 Å². The van der Waals surface area contributed by atoms with Crippen molar-refractivity contribution in [1.82, 2.24) is 0 Å². The number of hydrogen-bond acceptors (Lipinski definition) is 2. The number of allylic oxidation sites excluding steroid dienone is 2. The van der Waals surface area contributed by atoms with Crippen molar-refractivity contribution in [1.29, 1.82) is 0 Å². The van der Waals surface area contributed by atoms with Gasteiger partial charge in [0.1, 0.15) is 5.76 Å². The highest BCUT2D eigenvalue weighted by atomic mass is 16.7. The van der Waals surface area contributed by atoms with Gasteiger partial charge in [-0.1, -0.05) is 13.8 Å². The number of hydrogen-bond donors (Lipinski definition) is 1. The highest BCUT2D eigenvalue weighted by Gasteiger charge is 1.99. The van der Waals surface area contributed by atoms with Gasteiger partial charge in [-0.2, -0.15) is 0 Å². The van der Waals surface area contributed by atoms with Crippen molar-refractivity contribution < 1.29 is 14.6 Å². The van der Waals surface area contributed by atoms with Crippen molar-refractivity contribution in [2.24, 2.45) is 0 Å². The molecule has 0 aromatic rings. The largest absolute Gasteiger partial charge is 0.511 e. The summed E-state index contributed by atoms with van der Waals surface area (Å²) in [6.45, 7) is 3.78. The zero-order valence-corrected chi connectivity index (χ0v) is 6.26. The van der Waals surface area contributed by atoms with Gasteiger partial charge in [-0.3, -0.25) is 0 Å². The van der Waals surface area contributed by atoms with Crippen LogP contribution in [0.1, 0.15) is 26.7 Å². The molecule has 0 saturated heterocycles. The van der Waals surface area contributed by atoms with Gasteiger partial charge in [0.2, 0.25) is 0 Å². The van der Waals surface area contributed by atoms with Gasteiger partial charge in [0, 0.05) is 6.42 Å². The molecule has 0 unspecified atom stereocenters. The summed E-state index contributed by atoms with van der Waals surface area (Å²) in [5, 5.41) is 8.18. The van der Waals surface area contributed by atoms with E-state index in [1.54, 1.807) is 6.08 Å². The molecule has 0 aliphatic heterocycles. The molecule has 0 atom stereocenters. The summed E-state index contributed by atoms with van der Waals surface area (Å²) in [6.07, 6.45) is 1.95. The molecular formula is C7H12O3. The van der Waals surface area contributed by atoms with Crippen LogP contribution in [0.5, 0.6) is 0 Å². The lowest BCUT2D eigenvalue weighted by molar-refractivity contribution is 0.116. The fraction of sp³-hybridized carbons (Fsp3) is 0.571. The SMILES string of the molecule is CCC=C(CC)OC(=O)O. The van der Waals surface area contributed by atoms with Crippen molar-refractivity contribution in [2.45, 2.75) is 26.7 Å². The molecule has 0 bridgehead atoms. The first-order valence-corrected chi connectivity index (χ1v) is 3.30. The van der Waals surface area contributed by atoms with Crippen LogP contribution < -0.4 is 0 Å². The topological polar surface area (TPSA) is 46.5 Å². The normalized spacial score (nSPS) is 11.2. The molecule has 0 saturated carbocycles. The molecule has 0 aliphatic carbocycles. The van der Waals surface area contributed by atoms with E-state index in [0.29, 0.717) is 12.2 Å². The Balaban J connectivity index is 3.83. The lowest BCUT2D eigenvalue weighted by atomic mass is 10.3. The van der Waals surface area contributed by atoms with E-state index >= 15 is 0 Å². The average molecular weight is 144 g/mol. The predicted molar refractivity (Wildman–Crippen MR) is 37.8 cm³/mol. The first-order chi connectivity index (χ1) is 4.70. The Bertz CT molecular complexity index is 138. The van der Waals surface area contributed by atoms with Crippen LogP contribution in [0.2, 0.25) is 0 Å². The van der Waals surface area contributed by atoms with Crippen LogP contribution in [0.15, 0.2) is 11.8 Å². The summed E-state index contributed by atoms with van der Waals surface area (Å²) in [5.41, 5.74) is 0. The summed E-state index contributed by atoms with van der Waals surface area (Å²) >= 11 is 0. The van der Waals surface area contributed by atoms with Crippen molar-refractivity contribution >= 4 is 6.16 Å². The molecule has 0 spiro atoms. The maximum atomic E-state index is 9.98. The van der Waals surface area contributed by atoms with E-state index < -0.39 is 6.16 Å². The Morgan fingerprint density at radius 2 is 2.20 bits per heavy atom. The van der Waals surface area contributed by atoms with Crippen LogP contribution in [0.25, 0.3) is 0 Å². The van der Waals surface area contributed by atoms with Crippen molar-refractivity contribution in [3.05, 3.63) is 11.8 Å². The van der Waals surface area contributed by atoms with E-state index in [2.05, 4.69) is 4.74 Å². The molecule has 0 aromatic carbocycles. The Labute approximate surface area is 60.3 Å². The second-order valence-electron chi connectivity index (χ2n) is 1.80. The first kappa shape index (κ1) is 9.01. The summed E-state index contributed by atoms with van der Waals surface area (Å²) in [5.74, 6) is 0.523. The fourth-order valence-electron chi connectivity index (χ4n) is 0.598. The minimum Gasteiger partial charge on any atom is -0.449 e. The molecule has 0 radical (unpaired) electrons. The second-order valence-corrected chi connectivity index (χ2v) is 1.80. The lowest BCUT2D eigenvalue weighted by Crippen LogP contribution is -1.98. The van der Waals surface area contributed by atoms with E-state index in [1.807, 2.05) is 13.8 Å². The zero-order chi connectivity index (χ0) is 7.98. The molecule has 0 fully saturated rings. The highest BCUT2D eigenvalue weighted by Crippen LogP contribution is 2.03. The number of carboxylic acid groups (broad SMARTS) is 1. The average Bonchev–Trinajstić information content (AvgIpc) is 1.86. The third-order valence-electron chi connectivity index (χ3n) is 0.999. The summed E-state index contributed by atoms with van der Waals surface area (Å²) < 4.78 is 4.42. The van der Waals surface area contributed by atoms with Gasteiger partial charge in [0.25, 0.3) is 0 Å². The molecule has 3 heteroatoms. The van der Waals surface area contributed by atoms with Crippen LogP contribution in [-0.2, 0) is 4.74 Å². The van der Waals surface area contributed by atoms with Crippen LogP contribution in [0.4, 0.5) is 4.79 Å². The monoisotopic (exact) mass is 144 g/mol. The highest BCUT2D eigenvalue weighted by molar-refractivity contribution is 5.58. The smallest absolute Gasteiger partial charge is 0.449 e. The van der Waals surface area contributed by atoms with Gasteiger partial charge in [-0.15, -0.1) is 0 Å². The third kappa shape index (κ3) is 3.95. The maximum Gasteiger partial charge on any atom is 0.511 e. The summed E-state index contributed by atoms with van der Waals surface area (Å²) in [6, 6.07) is 0. The van der Waals surface area contributed by atoms with Gasteiger partial charge >= 0.3 is 6.16 Å². The number of carbonyl (C=O) groups is 1. The van der Waals surface area contributed by atoms with E-state index in [0.717, 1.165) is 6.42 Å². The number of ether oxygens (including phenoxy) is 1. The minimum atomic E-state index is -1.23. The molecule has 58 valence electrons. The van der Waals surface area contributed by atoms with E-state index in [4.69, 9.17) is 5.11 Å². The van der Waals surface area contributed by atoms with Crippen LogP contribution in [0.3, 0.4) is 0 Å². The lowest BCUT2D eigenvalue weighted by Gasteiger charge is -2.00. The zero-order valence-electron chi connectivity index (χ0n) is 6.26. The second kappa shape index (κ2) is 4.85. The molecular weight excluding hydrogens is 132 g/mol. The Kier molecular flexibility index (Phi) is 4.37. The quantitative estimate of drug-likeness (QED) is 0.488. The van der Waals surface area contributed by atoms with Gasteiger partial charge in [0.15, 0.2) is 0 Å². The van der Waals surface area contributed by atoms with Gasteiger partial charge in [-0.25, -0.2) is 4.79 Å².